The summed E-state index contributed by atoms with van der Waals surface area (Å²) in [4.78, 5) is 39.2. The molecule has 7 nitrogen and oxygen atoms in total. The standard InChI is InChI=1S/C16H26N2O5/c1-16(2,3)23-15(21)17-7-5-12(6-8-17)18-10-11(9-13(18)19)14(20)22-4/h11-12H,5-10H2,1-4H3/t11-/m0/s1. The predicted molar refractivity (Wildman–Crippen MR) is 82.7 cm³/mol. The summed E-state index contributed by atoms with van der Waals surface area (Å²) in [7, 11) is 1.34. The number of ether oxygens (including phenoxy) is 2. The molecule has 0 aliphatic carbocycles. The lowest BCUT2D eigenvalue weighted by atomic mass is 10.0. The van der Waals surface area contributed by atoms with Gasteiger partial charge in [0.2, 0.25) is 5.91 Å². The molecule has 2 saturated heterocycles. The maximum Gasteiger partial charge on any atom is 0.410 e. The molecule has 2 amide bonds. The van der Waals surface area contributed by atoms with Gasteiger partial charge in [0, 0.05) is 32.1 Å². The molecule has 0 saturated carbocycles. The number of hydrogen-bond donors (Lipinski definition) is 0. The van der Waals surface area contributed by atoms with E-state index in [4.69, 9.17) is 9.47 Å². The minimum absolute atomic E-state index is 0.00359. The molecule has 0 radical (unpaired) electrons. The first-order chi connectivity index (χ1) is 10.7. The van der Waals surface area contributed by atoms with Crippen molar-refractivity contribution in [3.63, 3.8) is 0 Å². The van der Waals surface area contributed by atoms with E-state index < -0.39 is 5.60 Å². The van der Waals surface area contributed by atoms with Crippen molar-refractivity contribution in [2.75, 3.05) is 26.7 Å². The zero-order valence-electron chi connectivity index (χ0n) is 14.3. The molecule has 2 heterocycles. The van der Waals surface area contributed by atoms with Crippen molar-refractivity contribution in [2.24, 2.45) is 5.92 Å². The van der Waals surface area contributed by atoms with Gasteiger partial charge >= 0.3 is 12.1 Å². The quantitative estimate of drug-likeness (QED) is 0.717. The smallest absolute Gasteiger partial charge is 0.410 e. The molecular weight excluding hydrogens is 300 g/mol. The number of rotatable bonds is 2. The summed E-state index contributed by atoms with van der Waals surface area (Å²) in [5, 5.41) is 0. The Labute approximate surface area is 136 Å². The SMILES string of the molecule is COC(=O)[C@H]1CC(=O)N(C2CCN(C(=O)OC(C)(C)C)CC2)C1. The largest absolute Gasteiger partial charge is 0.469 e. The van der Waals surface area contributed by atoms with Crippen molar-refractivity contribution >= 4 is 18.0 Å². The van der Waals surface area contributed by atoms with Crippen LogP contribution in [0.3, 0.4) is 0 Å². The highest BCUT2D eigenvalue weighted by Crippen LogP contribution is 2.26. The van der Waals surface area contributed by atoms with Gasteiger partial charge in [0.1, 0.15) is 5.60 Å². The Bertz CT molecular complexity index is 477. The molecule has 0 unspecified atom stereocenters. The molecule has 0 aromatic heterocycles. The topological polar surface area (TPSA) is 76.2 Å². The van der Waals surface area contributed by atoms with E-state index in [0.29, 0.717) is 32.5 Å². The van der Waals surface area contributed by atoms with Gasteiger partial charge in [-0.2, -0.15) is 0 Å². The third-order valence-corrected chi connectivity index (χ3v) is 4.25. The molecule has 0 bridgehead atoms. The van der Waals surface area contributed by atoms with E-state index in [1.807, 2.05) is 20.8 Å². The van der Waals surface area contributed by atoms with Crippen molar-refractivity contribution in [1.29, 1.82) is 0 Å². The summed E-state index contributed by atoms with van der Waals surface area (Å²) in [5.74, 6) is -0.695. The zero-order valence-corrected chi connectivity index (χ0v) is 14.3. The van der Waals surface area contributed by atoms with Gasteiger partial charge in [0.15, 0.2) is 0 Å². The van der Waals surface area contributed by atoms with Crippen LogP contribution in [0.5, 0.6) is 0 Å². The molecular formula is C16H26N2O5. The lowest BCUT2D eigenvalue weighted by Gasteiger charge is -2.37. The first kappa shape index (κ1) is 17.6. The van der Waals surface area contributed by atoms with Crippen LogP contribution in [0.25, 0.3) is 0 Å². The molecule has 23 heavy (non-hydrogen) atoms. The Morgan fingerprint density at radius 3 is 2.30 bits per heavy atom. The Kier molecular flexibility index (Phi) is 5.16. The van der Waals surface area contributed by atoms with Gasteiger partial charge in [-0.1, -0.05) is 0 Å². The fourth-order valence-corrected chi connectivity index (χ4v) is 3.10. The first-order valence-corrected chi connectivity index (χ1v) is 8.06. The van der Waals surface area contributed by atoms with Crippen molar-refractivity contribution in [2.45, 2.75) is 51.7 Å². The third-order valence-electron chi connectivity index (χ3n) is 4.25. The highest BCUT2D eigenvalue weighted by molar-refractivity contribution is 5.87. The number of hydrogen-bond acceptors (Lipinski definition) is 5. The number of methoxy groups -OCH3 is 1. The number of amides is 2. The van der Waals surface area contributed by atoms with Crippen LogP contribution < -0.4 is 0 Å². The number of carbonyl (C=O) groups excluding carboxylic acids is 3. The average Bonchev–Trinajstić information content (AvgIpc) is 2.87. The number of carbonyl (C=O) groups is 3. The maximum absolute atomic E-state index is 12.1. The van der Waals surface area contributed by atoms with Crippen LogP contribution in [-0.4, -0.2) is 66.2 Å². The van der Waals surface area contributed by atoms with Crippen molar-refractivity contribution < 1.29 is 23.9 Å². The van der Waals surface area contributed by atoms with Gasteiger partial charge in [-0.05, 0) is 33.6 Å². The molecule has 2 aliphatic heterocycles. The van der Waals surface area contributed by atoms with Crippen LogP contribution in [0, 0.1) is 5.92 Å². The minimum atomic E-state index is -0.507. The molecule has 7 heteroatoms. The third kappa shape index (κ3) is 4.36. The van der Waals surface area contributed by atoms with Gasteiger partial charge in [0.25, 0.3) is 0 Å². The fraction of sp³-hybridized carbons (Fsp3) is 0.812. The predicted octanol–water partition coefficient (Wildman–Crippen LogP) is 1.41. The zero-order chi connectivity index (χ0) is 17.2. The van der Waals surface area contributed by atoms with E-state index in [9.17, 15) is 14.4 Å². The second-order valence-corrected chi connectivity index (χ2v) is 7.17. The lowest BCUT2D eigenvalue weighted by molar-refractivity contribution is -0.145. The van der Waals surface area contributed by atoms with Crippen LogP contribution in [0.1, 0.15) is 40.0 Å². The van der Waals surface area contributed by atoms with E-state index >= 15 is 0 Å². The average molecular weight is 326 g/mol. The Hall–Kier alpha value is -1.79. The lowest BCUT2D eigenvalue weighted by Crippen LogP contribution is -2.48. The normalized spacial score (nSPS) is 23.1. The highest BCUT2D eigenvalue weighted by Gasteiger charge is 2.40. The van der Waals surface area contributed by atoms with Crippen LogP contribution in [0.15, 0.2) is 0 Å². The number of piperidine rings is 1. The molecule has 0 N–H and O–H groups in total. The van der Waals surface area contributed by atoms with E-state index in [2.05, 4.69) is 0 Å². The number of likely N-dealkylation sites (tertiary alicyclic amines) is 2. The van der Waals surface area contributed by atoms with E-state index in [1.165, 1.54) is 7.11 Å². The van der Waals surface area contributed by atoms with Crippen LogP contribution in [0.4, 0.5) is 4.79 Å². The molecule has 1 atom stereocenters. The summed E-state index contributed by atoms with van der Waals surface area (Å²) in [6, 6.07) is 0.0795. The van der Waals surface area contributed by atoms with Crippen molar-refractivity contribution in [1.82, 2.24) is 9.80 Å². The second-order valence-electron chi connectivity index (χ2n) is 7.17. The highest BCUT2D eigenvalue weighted by atomic mass is 16.6. The summed E-state index contributed by atoms with van der Waals surface area (Å²) >= 11 is 0. The van der Waals surface area contributed by atoms with Crippen LogP contribution in [-0.2, 0) is 19.1 Å². The van der Waals surface area contributed by atoms with Crippen LogP contribution in [0.2, 0.25) is 0 Å². The van der Waals surface area contributed by atoms with Gasteiger partial charge < -0.3 is 19.3 Å². The number of esters is 1. The molecule has 0 aromatic carbocycles. The summed E-state index contributed by atoms with van der Waals surface area (Å²) < 4.78 is 10.1. The second kappa shape index (κ2) is 6.76. The van der Waals surface area contributed by atoms with E-state index in [0.717, 1.165) is 0 Å². The molecule has 0 spiro atoms. The van der Waals surface area contributed by atoms with Crippen molar-refractivity contribution in [3.05, 3.63) is 0 Å². The summed E-state index contributed by atoms with van der Waals surface area (Å²) in [6.07, 6.45) is 1.33. The molecule has 2 rings (SSSR count). The maximum atomic E-state index is 12.1. The van der Waals surface area contributed by atoms with Gasteiger partial charge in [0.05, 0.1) is 13.0 Å². The fourth-order valence-electron chi connectivity index (χ4n) is 3.10. The Morgan fingerprint density at radius 2 is 1.78 bits per heavy atom. The first-order valence-electron chi connectivity index (χ1n) is 8.06. The monoisotopic (exact) mass is 326 g/mol. The van der Waals surface area contributed by atoms with Crippen LogP contribution >= 0.6 is 0 Å². The summed E-state index contributed by atoms with van der Waals surface area (Å²) in [5.41, 5.74) is -0.507. The number of nitrogens with zero attached hydrogens (tertiary/aromatic N) is 2. The Morgan fingerprint density at radius 1 is 1.17 bits per heavy atom. The molecule has 2 aliphatic rings. The molecule has 130 valence electrons. The van der Waals surface area contributed by atoms with Gasteiger partial charge in [-0.25, -0.2) is 4.79 Å². The summed E-state index contributed by atoms with van der Waals surface area (Å²) in [6.45, 7) is 7.07. The van der Waals surface area contributed by atoms with E-state index in [1.54, 1.807) is 9.80 Å². The Balaban J connectivity index is 1.86. The van der Waals surface area contributed by atoms with Gasteiger partial charge in [-0.15, -0.1) is 0 Å². The van der Waals surface area contributed by atoms with E-state index in [-0.39, 0.29) is 36.4 Å². The van der Waals surface area contributed by atoms with Gasteiger partial charge in [-0.3, -0.25) is 9.59 Å². The minimum Gasteiger partial charge on any atom is -0.469 e. The van der Waals surface area contributed by atoms with Crippen molar-refractivity contribution in [3.8, 4) is 0 Å². The molecule has 2 fully saturated rings. The molecule has 0 aromatic rings.